The number of nitriles is 1. The lowest BCUT2D eigenvalue weighted by Gasteiger charge is -1.38. The molecule has 0 rings (SSSR count). The maximum Gasteiger partial charge on any atom is 0.374 e. The minimum atomic E-state index is 1.50. The van der Waals surface area contributed by atoms with Gasteiger partial charge in [-0.05, 0) is 0 Å². The van der Waals surface area contributed by atoms with Crippen LogP contribution < -0.4 is 0 Å². The molecule has 0 amide bonds. The summed E-state index contributed by atoms with van der Waals surface area (Å²) in [6.45, 7) is 0. The van der Waals surface area contributed by atoms with Gasteiger partial charge in [0.15, 0.2) is 0 Å². The molecule has 0 unspecified atom stereocenters. The van der Waals surface area contributed by atoms with Crippen molar-refractivity contribution in [3.8, 4) is 12.1 Å². The molecule has 3 heteroatoms. The van der Waals surface area contributed by atoms with E-state index in [2.05, 4.69) is 17.1 Å². The zero-order chi connectivity index (χ0) is 4.12. The summed E-state index contributed by atoms with van der Waals surface area (Å²) in [4.78, 5) is 0. The van der Waals surface area contributed by atoms with E-state index in [4.69, 9.17) is 5.26 Å². The van der Waals surface area contributed by atoms with Gasteiger partial charge < -0.3 is 0 Å². The monoisotopic (exact) mass is 84.0 g/mol. The van der Waals surface area contributed by atoms with Crippen molar-refractivity contribution >= 4 is 12.8 Å². The van der Waals surface area contributed by atoms with Crippen LogP contribution in [-0.4, -0.2) is 0 Å². The van der Waals surface area contributed by atoms with Gasteiger partial charge in [0.25, 0.3) is 0 Å². The van der Waals surface area contributed by atoms with E-state index in [1.54, 1.807) is 0 Å². The van der Waals surface area contributed by atoms with E-state index in [-0.39, 0.29) is 0 Å². The Kier molecular flexibility index (Phi) is 2.69. The molecule has 0 radical (unpaired) electrons. The molecule has 0 saturated heterocycles. The third-order valence-corrected chi connectivity index (χ3v) is 0.187. The van der Waals surface area contributed by atoms with E-state index in [9.17, 15) is 0 Å². The zero-order valence-electron chi connectivity index (χ0n) is 2.30. The molecule has 0 saturated carbocycles. The second-order valence-electron chi connectivity index (χ2n) is 0.315. The standard InChI is InChI=1S/C2N2S/c3-1-2-4-5. The van der Waals surface area contributed by atoms with Gasteiger partial charge in [-0.15, -0.1) is 0 Å². The van der Waals surface area contributed by atoms with Crippen LogP contribution in [0.4, 0.5) is 0 Å². The molecule has 0 aromatic carbocycles. The Labute approximate surface area is 35.4 Å². The van der Waals surface area contributed by atoms with Crippen molar-refractivity contribution in [1.29, 1.82) is 5.26 Å². The van der Waals surface area contributed by atoms with Crippen LogP contribution in [-0.2, 0) is 12.8 Å². The molecule has 24 valence electrons. The molecule has 0 fully saturated rings. The number of hydrogen-bond donors (Lipinski definition) is 0. The Morgan fingerprint density at radius 3 is 2.40 bits per heavy atom. The molecule has 0 heterocycles. The van der Waals surface area contributed by atoms with Crippen LogP contribution in [0, 0.1) is 17.4 Å². The van der Waals surface area contributed by atoms with Crippen molar-refractivity contribution in [1.82, 2.24) is 0 Å². The van der Waals surface area contributed by atoms with Crippen LogP contribution in [0.2, 0.25) is 0 Å². The second kappa shape index (κ2) is 3.20. The van der Waals surface area contributed by atoms with Crippen molar-refractivity contribution in [3.05, 3.63) is 4.25 Å². The highest BCUT2D eigenvalue weighted by Crippen LogP contribution is 1.47. The predicted octanol–water partition coefficient (Wildman–Crippen LogP) is 0.305. The van der Waals surface area contributed by atoms with Crippen LogP contribution in [0.25, 0.3) is 4.25 Å². The molecule has 0 N–H and O–H groups in total. The molecule has 0 bridgehead atoms. The van der Waals surface area contributed by atoms with Crippen LogP contribution in [0.1, 0.15) is 0 Å². The number of hydrogen-bond acceptors (Lipinski definition) is 2. The average molecular weight is 84.1 g/mol. The lowest BCUT2D eigenvalue weighted by molar-refractivity contribution is 1.55. The lowest BCUT2D eigenvalue weighted by Crippen LogP contribution is -1.32. The van der Waals surface area contributed by atoms with Crippen LogP contribution in [0.5, 0.6) is 0 Å². The topological polar surface area (TPSA) is 28.1 Å². The molecule has 0 aromatic heterocycles. The zero-order valence-corrected chi connectivity index (χ0v) is 3.12. The third-order valence-electron chi connectivity index (χ3n) is 0.0956. The molecule has 2 nitrogen and oxygen atoms in total. The smallest absolute Gasteiger partial charge is 0.262 e. The van der Waals surface area contributed by atoms with Gasteiger partial charge >= 0.3 is 6.07 Å². The fourth-order valence-corrected chi connectivity index (χ4v) is 0.0612. The van der Waals surface area contributed by atoms with Crippen LogP contribution in [0.3, 0.4) is 0 Å². The predicted molar refractivity (Wildman–Crippen MR) is 20.2 cm³/mol. The molecule has 0 aliphatic heterocycles. The van der Waals surface area contributed by atoms with Gasteiger partial charge in [-0.2, -0.15) is 9.51 Å². The lowest BCUT2D eigenvalue weighted by atomic mass is 10.9. The highest BCUT2D eigenvalue weighted by molar-refractivity contribution is 7.61. The molecule has 0 atom stereocenters. The van der Waals surface area contributed by atoms with Gasteiger partial charge in [-0.1, -0.05) is 0 Å². The van der Waals surface area contributed by atoms with Gasteiger partial charge in [-0.3, -0.25) is 12.8 Å². The molecular weight excluding hydrogens is 84.1 g/mol. The van der Waals surface area contributed by atoms with Crippen LogP contribution in [0.15, 0.2) is 0 Å². The number of nitrogens with zero attached hydrogens (tertiary/aromatic N) is 2. The van der Waals surface area contributed by atoms with Crippen molar-refractivity contribution in [2.24, 2.45) is 0 Å². The van der Waals surface area contributed by atoms with Gasteiger partial charge in [-0.25, -0.2) is 0 Å². The van der Waals surface area contributed by atoms with Gasteiger partial charge in [0.1, 0.15) is 0 Å². The van der Waals surface area contributed by atoms with E-state index in [1.165, 1.54) is 6.07 Å². The van der Waals surface area contributed by atoms with E-state index < -0.39 is 0 Å². The van der Waals surface area contributed by atoms with Crippen molar-refractivity contribution < 1.29 is 0 Å². The van der Waals surface area contributed by atoms with Gasteiger partial charge in [0.05, 0.1) is 0 Å². The first kappa shape index (κ1) is 4.20. The summed E-state index contributed by atoms with van der Waals surface area (Å²) in [6, 6.07) is 3.35. The Morgan fingerprint density at radius 2 is 2.40 bits per heavy atom. The normalized spacial score (nSPS) is 3.00. The largest absolute Gasteiger partial charge is 0.374 e. The summed E-state index contributed by atoms with van der Waals surface area (Å²) in [6.07, 6.45) is 0. The fourth-order valence-electron chi connectivity index (χ4n) is 0.0204. The SMILES string of the molecule is N#CC#[N+][S-]. The Bertz CT molecular complexity index is 101. The first-order valence-corrected chi connectivity index (χ1v) is 1.24. The second-order valence-corrected chi connectivity index (χ2v) is 0.497. The maximum absolute atomic E-state index is 7.54. The summed E-state index contributed by atoms with van der Waals surface area (Å²) in [5.41, 5.74) is 0. The summed E-state index contributed by atoms with van der Waals surface area (Å²) >= 11 is 3.94. The summed E-state index contributed by atoms with van der Waals surface area (Å²) in [5, 5.41) is 7.54. The van der Waals surface area contributed by atoms with Gasteiger partial charge in [0, 0.05) is 0 Å². The molecule has 5 heavy (non-hydrogen) atoms. The Hall–Kier alpha value is -0.800. The average Bonchev–Trinajstić information content (AvgIpc) is 1.41. The molecule has 0 aliphatic rings. The third kappa shape index (κ3) is 3.20. The van der Waals surface area contributed by atoms with Crippen molar-refractivity contribution in [2.45, 2.75) is 0 Å². The maximum atomic E-state index is 7.54. The van der Waals surface area contributed by atoms with Crippen molar-refractivity contribution in [3.63, 3.8) is 0 Å². The minimum absolute atomic E-state index is 1.50. The fraction of sp³-hybridized carbons (Fsp3) is 0. The van der Waals surface area contributed by atoms with E-state index >= 15 is 0 Å². The summed E-state index contributed by atoms with van der Waals surface area (Å²) in [5.74, 6) is 0. The Morgan fingerprint density at radius 1 is 1.80 bits per heavy atom. The number of rotatable bonds is 0. The first-order valence-electron chi connectivity index (χ1n) is 0.880. The highest BCUT2D eigenvalue weighted by atomic mass is 32.1. The van der Waals surface area contributed by atoms with E-state index in [0.29, 0.717) is 0 Å². The Balaban J connectivity index is 3.30. The molecular formula is C2N2S. The summed E-state index contributed by atoms with van der Waals surface area (Å²) < 4.78 is 2.83. The van der Waals surface area contributed by atoms with Gasteiger partial charge in [0.2, 0.25) is 6.07 Å². The first-order chi connectivity index (χ1) is 2.41. The molecule has 0 aliphatic carbocycles. The van der Waals surface area contributed by atoms with Crippen LogP contribution >= 0.6 is 0 Å². The quantitative estimate of drug-likeness (QED) is 0.395. The molecule has 0 spiro atoms. The summed E-state index contributed by atoms with van der Waals surface area (Å²) in [7, 11) is 0. The molecule has 0 aromatic rings. The highest BCUT2D eigenvalue weighted by Gasteiger charge is 1.55. The van der Waals surface area contributed by atoms with E-state index in [0.717, 1.165) is 0 Å². The van der Waals surface area contributed by atoms with Crippen molar-refractivity contribution in [2.75, 3.05) is 0 Å². The van der Waals surface area contributed by atoms with E-state index in [1.807, 2.05) is 6.07 Å². The minimum Gasteiger partial charge on any atom is -0.262 e.